The molecular weight excluding hydrogens is 269 g/mol. The Labute approximate surface area is 113 Å². The van der Waals surface area contributed by atoms with Crippen molar-refractivity contribution in [2.24, 2.45) is 0 Å². The summed E-state index contributed by atoms with van der Waals surface area (Å²) in [5, 5.41) is 2.17. The van der Waals surface area contributed by atoms with Gasteiger partial charge in [-0.1, -0.05) is 6.07 Å². The van der Waals surface area contributed by atoms with Gasteiger partial charge in [0.2, 0.25) is 0 Å². The van der Waals surface area contributed by atoms with Gasteiger partial charge in [0.25, 0.3) is 5.91 Å². The minimum absolute atomic E-state index is 0.122. The van der Waals surface area contributed by atoms with Gasteiger partial charge in [0.1, 0.15) is 11.6 Å². The van der Waals surface area contributed by atoms with Gasteiger partial charge in [-0.3, -0.25) is 4.79 Å². The number of hydrogen-bond donors (Lipinski definition) is 2. The largest absolute Gasteiger partial charge is 0.396 e. The summed E-state index contributed by atoms with van der Waals surface area (Å²) in [5.74, 6) is -3.53. The van der Waals surface area contributed by atoms with E-state index in [4.69, 9.17) is 5.73 Å². The third-order valence-corrected chi connectivity index (χ3v) is 2.68. The molecule has 2 aromatic carbocycles. The summed E-state index contributed by atoms with van der Waals surface area (Å²) in [6.45, 7) is 1.68. The van der Waals surface area contributed by atoms with Crippen molar-refractivity contribution in [2.75, 3.05) is 11.1 Å². The van der Waals surface area contributed by atoms with E-state index in [0.717, 1.165) is 6.07 Å². The summed E-state index contributed by atoms with van der Waals surface area (Å²) >= 11 is 0. The molecule has 104 valence electrons. The molecule has 2 rings (SSSR count). The molecule has 0 saturated carbocycles. The highest BCUT2D eigenvalue weighted by Gasteiger charge is 2.17. The first-order chi connectivity index (χ1) is 9.38. The molecule has 3 N–H and O–H groups in total. The SMILES string of the molecule is Cc1ccc(NC(=O)c2cc(F)cc(N)c2F)c(F)c1. The molecule has 3 nitrogen and oxygen atoms in total. The Morgan fingerprint density at radius 2 is 1.85 bits per heavy atom. The predicted molar refractivity (Wildman–Crippen MR) is 69.9 cm³/mol. The van der Waals surface area contributed by atoms with Crippen LogP contribution in [-0.4, -0.2) is 5.91 Å². The number of amides is 1. The fourth-order valence-electron chi connectivity index (χ4n) is 1.69. The van der Waals surface area contributed by atoms with Crippen molar-refractivity contribution < 1.29 is 18.0 Å². The number of benzene rings is 2. The standard InChI is InChI=1S/C14H11F3N2O/c1-7-2-3-12(10(16)4-7)19-14(20)9-5-8(15)6-11(18)13(9)17/h2-6H,18H2,1H3,(H,19,20). The van der Waals surface area contributed by atoms with Crippen molar-refractivity contribution >= 4 is 17.3 Å². The molecule has 0 bridgehead atoms. The minimum Gasteiger partial charge on any atom is -0.396 e. The minimum atomic E-state index is -1.04. The Balaban J connectivity index is 2.33. The first-order valence-electron chi connectivity index (χ1n) is 5.70. The van der Waals surface area contributed by atoms with E-state index in [1.165, 1.54) is 12.1 Å². The molecule has 0 heterocycles. The van der Waals surface area contributed by atoms with Crippen LogP contribution in [0.1, 0.15) is 15.9 Å². The lowest BCUT2D eigenvalue weighted by molar-refractivity contribution is 0.102. The van der Waals surface area contributed by atoms with Gasteiger partial charge in [-0.05, 0) is 36.8 Å². The van der Waals surface area contributed by atoms with Gasteiger partial charge in [-0.2, -0.15) is 0 Å². The Kier molecular flexibility index (Phi) is 3.65. The predicted octanol–water partition coefficient (Wildman–Crippen LogP) is 3.25. The fraction of sp³-hybridized carbons (Fsp3) is 0.0714. The van der Waals surface area contributed by atoms with Crippen LogP contribution in [0.3, 0.4) is 0 Å². The zero-order chi connectivity index (χ0) is 14.9. The summed E-state index contributed by atoms with van der Waals surface area (Å²) in [6, 6.07) is 5.59. The van der Waals surface area contributed by atoms with Crippen LogP contribution in [0.25, 0.3) is 0 Å². The zero-order valence-corrected chi connectivity index (χ0v) is 10.5. The van der Waals surface area contributed by atoms with Crippen LogP contribution in [0.4, 0.5) is 24.5 Å². The van der Waals surface area contributed by atoms with E-state index in [1.807, 2.05) is 0 Å². The number of aryl methyl sites for hydroxylation is 1. The molecule has 2 aromatic rings. The van der Waals surface area contributed by atoms with Crippen LogP contribution < -0.4 is 11.1 Å². The number of rotatable bonds is 2. The van der Waals surface area contributed by atoms with Crippen LogP contribution >= 0.6 is 0 Å². The number of carbonyl (C=O) groups is 1. The van der Waals surface area contributed by atoms with Crippen molar-refractivity contribution in [1.29, 1.82) is 0 Å². The first-order valence-corrected chi connectivity index (χ1v) is 5.70. The molecule has 0 aliphatic rings. The lowest BCUT2D eigenvalue weighted by Gasteiger charge is -2.09. The van der Waals surface area contributed by atoms with Crippen LogP contribution in [0.2, 0.25) is 0 Å². The highest BCUT2D eigenvalue weighted by molar-refractivity contribution is 6.05. The Hall–Kier alpha value is -2.50. The van der Waals surface area contributed by atoms with Gasteiger partial charge < -0.3 is 11.1 Å². The van der Waals surface area contributed by atoms with Gasteiger partial charge in [0.15, 0.2) is 5.82 Å². The van der Waals surface area contributed by atoms with Crippen LogP contribution in [0.15, 0.2) is 30.3 Å². The average Bonchev–Trinajstić information content (AvgIpc) is 2.37. The van der Waals surface area contributed by atoms with E-state index in [2.05, 4.69) is 5.32 Å². The van der Waals surface area contributed by atoms with Crippen molar-refractivity contribution in [3.05, 3.63) is 58.9 Å². The van der Waals surface area contributed by atoms with Gasteiger partial charge in [0.05, 0.1) is 16.9 Å². The first kappa shape index (κ1) is 13.9. The number of hydrogen-bond acceptors (Lipinski definition) is 2. The molecule has 0 fully saturated rings. The smallest absolute Gasteiger partial charge is 0.258 e. The van der Waals surface area contributed by atoms with E-state index in [9.17, 15) is 18.0 Å². The van der Waals surface area contributed by atoms with Gasteiger partial charge in [-0.25, -0.2) is 13.2 Å². The average molecular weight is 280 g/mol. The van der Waals surface area contributed by atoms with E-state index in [-0.39, 0.29) is 5.69 Å². The molecule has 0 aliphatic carbocycles. The molecule has 20 heavy (non-hydrogen) atoms. The van der Waals surface area contributed by atoms with Crippen molar-refractivity contribution in [1.82, 2.24) is 0 Å². The maximum atomic E-state index is 13.7. The molecule has 0 spiro atoms. The van der Waals surface area contributed by atoms with Gasteiger partial charge in [0, 0.05) is 0 Å². The molecule has 0 aliphatic heterocycles. The lowest BCUT2D eigenvalue weighted by Crippen LogP contribution is -2.16. The second-order valence-corrected chi connectivity index (χ2v) is 4.29. The summed E-state index contributed by atoms with van der Waals surface area (Å²) in [5.41, 5.74) is 4.71. The van der Waals surface area contributed by atoms with Gasteiger partial charge >= 0.3 is 0 Å². The van der Waals surface area contributed by atoms with Crippen LogP contribution in [-0.2, 0) is 0 Å². The number of nitrogen functional groups attached to an aromatic ring is 1. The third-order valence-electron chi connectivity index (χ3n) is 2.68. The van der Waals surface area contributed by atoms with E-state index in [0.29, 0.717) is 11.6 Å². The highest BCUT2D eigenvalue weighted by Crippen LogP contribution is 2.20. The number of halogens is 3. The molecule has 0 saturated heterocycles. The topological polar surface area (TPSA) is 55.1 Å². The molecule has 1 amide bonds. The molecule has 0 aromatic heterocycles. The van der Waals surface area contributed by atoms with Crippen LogP contribution in [0.5, 0.6) is 0 Å². The lowest BCUT2D eigenvalue weighted by atomic mass is 10.1. The Morgan fingerprint density at radius 3 is 2.50 bits per heavy atom. The zero-order valence-electron chi connectivity index (χ0n) is 10.5. The maximum absolute atomic E-state index is 13.7. The summed E-state index contributed by atoms with van der Waals surface area (Å²) < 4.78 is 40.4. The second kappa shape index (κ2) is 5.24. The molecule has 0 atom stereocenters. The fourth-order valence-corrected chi connectivity index (χ4v) is 1.69. The normalized spacial score (nSPS) is 10.4. The summed E-state index contributed by atoms with van der Waals surface area (Å²) in [7, 11) is 0. The van der Waals surface area contributed by atoms with E-state index >= 15 is 0 Å². The number of nitrogens with one attached hydrogen (secondary N) is 1. The van der Waals surface area contributed by atoms with Gasteiger partial charge in [-0.15, -0.1) is 0 Å². The molecular formula is C14H11F3N2O. The van der Waals surface area contributed by atoms with Crippen molar-refractivity contribution in [3.63, 3.8) is 0 Å². The van der Waals surface area contributed by atoms with Crippen molar-refractivity contribution in [3.8, 4) is 0 Å². The summed E-state index contributed by atoms with van der Waals surface area (Å²) in [4.78, 5) is 11.8. The second-order valence-electron chi connectivity index (χ2n) is 4.29. The number of anilines is 2. The van der Waals surface area contributed by atoms with Crippen LogP contribution in [0, 0.1) is 24.4 Å². The number of nitrogens with two attached hydrogens (primary N) is 1. The quantitative estimate of drug-likeness (QED) is 0.830. The van der Waals surface area contributed by atoms with E-state index in [1.54, 1.807) is 13.0 Å². The molecule has 0 radical (unpaired) electrons. The molecule has 6 heteroatoms. The highest BCUT2D eigenvalue weighted by atomic mass is 19.1. The van der Waals surface area contributed by atoms with Crippen molar-refractivity contribution in [2.45, 2.75) is 6.92 Å². The number of carbonyl (C=O) groups excluding carboxylic acids is 1. The third kappa shape index (κ3) is 2.74. The summed E-state index contributed by atoms with van der Waals surface area (Å²) in [6.07, 6.45) is 0. The Bertz CT molecular complexity index is 686. The van der Waals surface area contributed by atoms with E-state index < -0.39 is 34.6 Å². The maximum Gasteiger partial charge on any atom is 0.258 e. The monoisotopic (exact) mass is 280 g/mol. The Morgan fingerprint density at radius 1 is 1.15 bits per heavy atom. The molecule has 0 unspecified atom stereocenters.